The van der Waals surface area contributed by atoms with Crippen LogP contribution in [-0.4, -0.2) is 0 Å². The highest BCUT2D eigenvalue weighted by atomic mass is 35.5. The molecule has 0 nitrogen and oxygen atoms in total. The molecule has 0 aromatic rings. The molecule has 0 N–H and O–H groups in total. The molecule has 6 heteroatoms. The number of rotatable bonds is 0. The average Bonchev–Trinajstić information content (AvgIpc) is 0. The molecule has 0 fully saturated rings. The van der Waals surface area contributed by atoms with E-state index in [2.05, 4.69) is 0 Å². The van der Waals surface area contributed by atoms with Crippen LogP contribution in [0, 0.1) is 0 Å². The molecule has 0 saturated carbocycles. The second-order valence-corrected chi connectivity index (χ2v) is 0. The Kier molecular flexibility index (Phi) is 1180. The third kappa shape index (κ3) is 39.6. The van der Waals surface area contributed by atoms with Gasteiger partial charge < -0.3 is 0 Å². The van der Waals surface area contributed by atoms with Crippen LogP contribution in [-0.2, 0) is 0 Å². The average molecular weight is 216 g/mol. The Balaban J connectivity index is 0. The van der Waals surface area contributed by atoms with Crippen molar-refractivity contribution in [2.45, 2.75) is 0 Å². The van der Waals surface area contributed by atoms with Crippen LogP contribution in [0.1, 0.15) is 0 Å². The third-order valence-corrected chi connectivity index (χ3v) is 0. The lowest BCUT2D eigenvalue weighted by atomic mass is 31.0. The van der Waals surface area contributed by atoms with Crippen LogP contribution < -0.4 is 0 Å². The topological polar surface area (TPSA) is 0 Å². The number of hydrogen-bond donors (Lipinski definition) is 0. The second kappa shape index (κ2) is 67.3. The van der Waals surface area contributed by atoms with Crippen molar-refractivity contribution < 1.29 is 0 Å². The van der Waals surface area contributed by atoms with E-state index in [9.17, 15) is 0 Å². The minimum Gasteiger partial charge on any atom is -0.153 e. The van der Waals surface area contributed by atoms with Crippen molar-refractivity contribution in [3.8, 4) is 0 Å². The third-order valence-electron chi connectivity index (χ3n) is 0. The lowest BCUT2D eigenvalue weighted by molar-refractivity contribution is 5.85. The van der Waals surface area contributed by atoms with Crippen molar-refractivity contribution in [2.24, 2.45) is 0 Å². The zero-order valence-electron chi connectivity index (χ0n) is 2.75. The lowest BCUT2D eigenvalue weighted by Crippen LogP contribution is 0.688. The monoisotopic (exact) mass is 214 g/mol. The van der Waals surface area contributed by atoms with Gasteiger partial charge >= 0.3 is 0 Å². The van der Waals surface area contributed by atoms with Crippen molar-refractivity contribution in [1.29, 1.82) is 0 Å². The van der Waals surface area contributed by atoms with Gasteiger partial charge in [0.15, 0.2) is 0 Å². The second-order valence-electron chi connectivity index (χ2n) is 0. The molecule has 1 unspecified atom stereocenters. The summed E-state index contributed by atoms with van der Waals surface area (Å²) >= 11 is 0. The first-order valence-corrected chi connectivity index (χ1v) is 0. The predicted octanol–water partition coefficient (Wildman–Crippen LogP) is 2.17. The Hall–Kier alpha value is 1.88. The number of hydrogen-bond acceptors (Lipinski definition) is 0. The highest BCUT2D eigenvalue weighted by Crippen LogP contribution is 0.861. The summed E-state index contributed by atoms with van der Waals surface area (Å²) in [6.07, 6.45) is 0. The quantitative estimate of drug-likeness (QED) is 0.544. The van der Waals surface area contributed by atoms with E-state index in [-0.39, 0.29) is 71.9 Å². The van der Waals surface area contributed by atoms with Gasteiger partial charge in [-0.05, 0) is 0 Å². The Bertz CT molecular complexity index is 3.90. The lowest BCUT2D eigenvalue weighted by Gasteiger charge is -0.154. The summed E-state index contributed by atoms with van der Waals surface area (Å²) in [5.74, 6) is 0. The molecule has 0 aromatic heterocycles. The first kappa shape index (κ1) is 106. The minimum absolute atomic E-state index is 0. The molecule has 0 amide bonds. The molecule has 1 atom stereocenters. The van der Waals surface area contributed by atoms with Gasteiger partial charge in [0.1, 0.15) is 0 Å². The first-order chi connectivity index (χ1) is 0. The van der Waals surface area contributed by atoms with Crippen molar-refractivity contribution in [3.05, 3.63) is 0 Å². The molecule has 0 spiro atoms. The van der Waals surface area contributed by atoms with E-state index in [0.717, 1.165) is 0 Å². The van der Waals surface area contributed by atoms with Crippen LogP contribution in [0.15, 0.2) is 0 Å². The predicted molar refractivity (Wildman–Crippen MR) is 47.3 cm³/mol. The van der Waals surface area contributed by atoms with E-state index < -0.39 is 0 Å². The smallest absolute Gasteiger partial charge is 0.147 e. The Morgan fingerprint density at radius 1 is 0.333 bits per heavy atom. The maximum atomic E-state index is 0. The molecule has 0 saturated heterocycles. The van der Waals surface area contributed by atoms with Crippen molar-refractivity contribution in [2.75, 3.05) is 0 Å². The van der Waals surface area contributed by atoms with E-state index >= 15 is 0 Å². The first-order valence-electron chi connectivity index (χ1n) is 0. The molecule has 0 aliphatic carbocycles. The fraction of sp³-hybridized carbons (Fsp3) is 0. The molecule has 0 radical (unpaired) electrons. The normalized spacial score (nSPS) is 0. The van der Waals surface area contributed by atoms with Gasteiger partial charge in [0.05, 0.1) is 0 Å². The summed E-state index contributed by atoms with van der Waals surface area (Å²) < 4.78 is 0. The van der Waals surface area contributed by atoms with Crippen LogP contribution in [0.4, 0.5) is 0 Å². The maximum Gasteiger partial charge on any atom is -0.147 e. The fourth-order valence-electron chi connectivity index (χ4n) is 0. The zero-order valence-corrected chi connectivity index (χ0v) is 8.25. The fourth-order valence-corrected chi connectivity index (χ4v) is 0. The van der Waals surface area contributed by atoms with Gasteiger partial charge in [0.2, 0.25) is 0 Å². The van der Waals surface area contributed by atoms with Gasteiger partial charge in [-0.15, -0.1) is 62.0 Å². The molecule has 6 heavy (non-hydrogen) atoms. The minimum atomic E-state index is 0. The Morgan fingerprint density at radius 2 is 0.333 bits per heavy atom. The van der Waals surface area contributed by atoms with Gasteiger partial charge in [-0.2, -0.15) is 9.90 Å². The summed E-state index contributed by atoms with van der Waals surface area (Å²) in [5, 5.41) is 0. The van der Waals surface area contributed by atoms with E-state index in [1.54, 1.807) is 0 Å². The molecular weight excluding hydrogens is 208 g/mol. The van der Waals surface area contributed by atoms with Gasteiger partial charge in [-0.25, -0.2) is 0 Å². The molecule has 0 aromatic carbocycles. The molecule has 48 valence electrons. The highest BCUT2D eigenvalue weighted by molar-refractivity contribution is 6.92. The summed E-state index contributed by atoms with van der Waals surface area (Å²) in [5.41, 5.74) is 0. The zero-order chi connectivity index (χ0) is 0. The summed E-state index contributed by atoms with van der Waals surface area (Å²) in [4.78, 5) is 0. The van der Waals surface area contributed by atoms with E-state index in [1.807, 2.05) is 0 Å². The van der Waals surface area contributed by atoms with Crippen LogP contribution in [0.2, 0.25) is 0 Å². The van der Waals surface area contributed by atoms with Crippen LogP contribution >= 0.6 is 71.9 Å². The van der Waals surface area contributed by atoms with Crippen molar-refractivity contribution >= 4 is 71.9 Å². The van der Waals surface area contributed by atoms with Gasteiger partial charge in [-0.3, -0.25) is 0 Å². The van der Waals surface area contributed by atoms with Gasteiger partial charge in [0.25, 0.3) is 0 Å². The van der Waals surface area contributed by atoms with Gasteiger partial charge in [-0.1, -0.05) is 0 Å². The molecular formula is H8Cl5P. The van der Waals surface area contributed by atoms with Crippen molar-refractivity contribution in [1.82, 2.24) is 0 Å². The van der Waals surface area contributed by atoms with Crippen LogP contribution in [0.5, 0.6) is 0 Å². The van der Waals surface area contributed by atoms with Crippen LogP contribution in [0.25, 0.3) is 0 Å². The van der Waals surface area contributed by atoms with E-state index in [1.165, 1.54) is 0 Å². The highest BCUT2D eigenvalue weighted by Gasteiger charge is -0.142. The van der Waals surface area contributed by atoms with E-state index in [4.69, 9.17) is 0 Å². The molecule has 0 aliphatic rings. The summed E-state index contributed by atoms with van der Waals surface area (Å²) in [7, 11) is 0. The molecule has 0 aliphatic heterocycles. The Labute approximate surface area is 71.9 Å². The summed E-state index contributed by atoms with van der Waals surface area (Å²) in [6.45, 7) is 0. The van der Waals surface area contributed by atoms with Gasteiger partial charge in [0, 0.05) is 0 Å². The largest absolute Gasteiger partial charge is 0.153 e. The van der Waals surface area contributed by atoms with Crippen molar-refractivity contribution in [3.63, 3.8) is 0 Å². The standard InChI is InChI=1S/5ClH.H3P/h5*1H;1H3. The molecule has 0 bridgehead atoms. The molecule has 0 heterocycles. The Morgan fingerprint density at radius 3 is 0.333 bits per heavy atom. The summed E-state index contributed by atoms with van der Waals surface area (Å²) in [6, 6.07) is 0. The maximum absolute atomic E-state index is 0. The van der Waals surface area contributed by atoms with Crippen LogP contribution in [0.3, 0.4) is 0 Å². The molecule has 0 rings (SSSR count). The van der Waals surface area contributed by atoms with E-state index in [0.29, 0.717) is 0 Å². The number of halogens is 5. The SMILES string of the molecule is Cl.Cl.Cl.Cl.Cl.P.